The molecule has 0 bridgehead atoms. The summed E-state index contributed by atoms with van der Waals surface area (Å²) in [6.07, 6.45) is 0.955. The van der Waals surface area contributed by atoms with Crippen molar-refractivity contribution in [3.05, 3.63) is 52.9 Å². The third-order valence-corrected chi connectivity index (χ3v) is 4.34. The molecule has 0 saturated heterocycles. The van der Waals surface area contributed by atoms with Gasteiger partial charge < -0.3 is 5.32 Å². The zero-order chi connectivity index (χ0) is 13.9. The van der Waals surface area contributed by atoms with Crippen molar-refractivity contribution in [2.75, 3.05) is 6.54 Å². The lowest BCUT2D eigenvalue weighted by Gasteiger charge is -2.18. The van der Waals surface area contributed by atoms with E-state index in [0.717, 1.165) is 41.6 Å². The first-order chi connectivity index (χ1) is 9.72. The number of nitrogens with one attached hydrogen (secondary N) is 1. The standard InChI is InChI=1S/C15H16FN3S/c1-10-13-8-17-6-5-14(13)19-15(18-10)9-20-12-4-2-3-11(16)7-12/h2-4,7,17H,5-6,8-9H2,1H3. The van der Waals surface area contributed by atoms with Crippen LogP contribution in [0.15, 0.2) is 29.2 Å². The van der Waals surface area contributed by atoms with Gasteiger partial charge in [0.15, 0.2) is 0 Å². The Morgan fingerprint density at radius 1 is 1.35 bits per heavy atom. The van der Waals surface area contributed by atoms with Crippen LogP contribution >= 0.6 is 11.8 Å². The Balaban J connectivity index is 1.76. The van der Waals surface area contributed by atoms with Crippen LogP contribution in [-0.4, -0.2) is 16.5 Å². The number of benzene rings is 1. The summed E-state index contributed by atoms with van der Waals surface area (Å²) in [6.45, 7) is 3.86. The fourth-order valence-electron chi connectivity index (χ4n) is 2.34. The van der Waals surface area contributed by atoms with Crippen molar-refractivity contribution in [2.45, 2.75) is 30.5 Å². The van der Waals surface area contributed by atoms with Gasteiger partial charge in [-0.05, 0) is 25.1 Å². The van der Waals surface area contributed by atoms with E-state index < -0.39 is 0 Å². The monoisotopic (exact) mass is 289 g/mol. The van der Waals surface area contributed by atoms with Gasteiger partial charge in [-0.15, -0.1) is 11.8 Å². The predicted molar refractivity (Wildman–Crippen MR) is 78.1 cm³/mol. The van der Waals surface area contributed by atoms with E-state index >= 15 is 0 Å². The lowest BCUT2D eigenvalue weighted by molar-refractivity contribution is 0.617. The maximum atomic E-state index is 13.1. The van der Waals surface area contributed by atoms with E-state index in [9.17, 15) is 4.39 Å². The highest BCUT2D eigenvalue weighted by molar-refractivity contribution is 7.98. The molecule has 20 heavy (non-hydrogen) atoms. The molecule has 0 radical (unpaired) electrons. The van der Waals surface area contributed by atoms with Crippen LogP contribution in [0.3, 0.4) is 0 Å². The minimum atomic E-state index is -0.205. The molecule has 0 amide bonds. The molecule has 0 aliphatic carbocycles. The van der Waals surface area contributed by atoms with E-state index in [0.29, 0.717) is 5.75 Å². The van der Waals surface area contributed by atoms with E-state index in [1.165, 1.54) is 11.6 Å². The van der Waals surface area contributed by atoms with Gasteiger partial charge in [-0.25, -0.2) is 14.4 Å². The lowest BCUT2D eigenvalue weighted by Crippen LogP contribution is -2.26. The third kappa shape index (κ3) is 2.99. The minimum Gasteiger partial charge on any atom is -0.312 e. The highest BCUT2D eigenvalue weighted by Crippen LogP contribution is 2.23. The molecule has 1 N–H and O–H groups in total. The van der Waals surface area contributed by atoms with Crippen LogP contribution in [0.4, 0.5) is 4.39 Å². The molecule has 3 nitrogen and oxygen atoms in total. The van der Waals surface area contributed by atoms with Crippen LogP contribution in [0.1, 0.15) is 22.8 Å². The summed E-state index contributed by atoms with van der Waals surface area (Å²) in [4.78, 5) is 10.1. The summed E-state index contributed by atoms with van der Waals surface area (Å²) in [5.74, 6) is 1.30. The number of hydrogen-bond donors (Lipinski definition) is 1. The molecule has 2 aromatic rings. The van der Waals surface area contributed by atoms with Crippen LogP contribution in [0.2, 0.25) is 0 Å². The van der Waals surface area contributed by atoms with Crippen LogP contribution in [0, 0.1) is 12.7 Å². The molecule has 0 unspecified atom stereocenters. The van der Waals surface area contributed by atoms with Crippen LogP contribution in [0.5, 0.6) is 0 Å². The second-order valence-corrected chi connectivity index (χ2v) is 5.87. The van der Waals surface area contributed by atoms with Gasteiger partial charge in [0.05, 0.1) is 11.4 Å². The minimum absolute atomic E-state index is 0.205. The normalized spacial score (nSPS) is 14.1. The number of fused-ring (bicyclic) bond motifs is 1. The van der Waals surface area contributed by atoms with Gasteiger partial charge >= 0.3 is 0 Å². The van der Waals surface area contributed by atoms with Crippen LogP contribution in [0.25, 0.3) is 0 Å². The van der Waals surface area contributed by atoms with Crippen molar-refractivity contribution >= 4 is 11.8 Å². The highest BCUT2D eigenvalue weighted by atomic mass is 32.2. The molecule has 5 heteroatoms. The molecule has 104 valence electrons. The number of aryl methyl sites for hydroxylation is 1. The lowest BCUT2D eigenvalue weighted by atomic mass is 10.1. The Bertz CT molecular complexity index is 631. The maximum absolute atomic E-state index is 13.1. The summed E-state index contributed by atoms with van der Waals surface area (Å²) in [5, 5.41) is 3.34. The Morgan fingerprint density at radius 2 is 2.25 bits per heavy atom. The Kier molecular flexibility index (Phi) is 3.98. The first-order valence-electron chi connectivity index (χ1n) is 6.67. The zero-order valence-corrected chi connectivity index (χ0v) is 12.1. The summed E-state index contributed by atoms with van der Waals surface area (Å²) in [5.41, 5.74) is 3.44. The Morgan fingerprint density at radius 3 is 3.10 bits per heavy atom. The fourth-order valence-corrected chi connectivity index (χ4v) is 3.14. The van der Waals surface area contributed by atoms with Gasteiger partial charge in [-0.1, -0.05) is 6.07 Å². The van der Waals surface area contributed by atoms with Crippen molar-refractivity contribution in [3.63, 3.8) is 0 Å². The molecule has 1 aliphatic rings. The maximum Gasteiger partial charge on any atom is 0.139 e. The zero-order valence-electron chi connectivity index (χ0n) is 11.3. The molecule has 0 fully saturated rings. The summed E-state index contributed by atoms with van der Waals surface area (Å²) in [6, 6.07) is 6.63. The second kappa shape index (κ2) is 5.89. The largest absolute Gasteiger partial charge is 0.312 e. The molecule has 1 aromatic heterocycles. The van der Waals surface area contributed by atoms with Crippen LogP contribution < -0.4 is 5.32 Å². The van der Waals surface area contributed by atoms with E-state index in [-0.39, 0.29) is 5.82 Å². The molecule has 3 rings (SSSR count). The molecule has 0 atom stereocenters. The van der Waals surface area contributed by atoms with Crippen molar-refractivity contribution in [1.29, 1.82) is 0 Å². The van der Waals surface area contributed by atoms with Crippen molar-refractivity contribution < 1.29 is 4.39 Å². The average molecular weight is 289 g/mol. The van der Waals surface area contributed by atoms with Gasteiger partial charge in [-0.3, -0.25) is 0 Å². The molecule has 0 saturated carbocycles. The van der Waals surface area contributed by atoms with E-state index in [1.807, 2.05) is 13.0 Å². The quantitative estimate of drug-likeness (QED) is 0.882. The van der Waals surface area contributed by atoms with Gasteiger partial charge in [-0.2, -0.15) is 0 Å². The Hall–Kier alpha value is -1.46. The molecule has 1 aromatic carbocycles. The molecule has 2 heterocycles. The highest BCUT2D eigenvalue weighted by Gasteiger charge is 2.15. The molecule has 1 aliphatic heterocycles. The summed E-state index contributed by atoms with van der Waals surface area (Å²) < 4.78 is 13.1. The number of thioether (sulfide) groups is 1. The van der Waals surface area contributed by atoms with Gasteiger partial charge in [0.25, 0.3) is 0 Å². The topological polar surface area (TPSA) is 37.8 Å². The van der Waals surface area contributed by atoms with Gasteiger partial charge in [0.1, 0.15) is 11.6 Å². The number of aromatic nitrogens is 2. The van der Waals surface area contributed by atoms with Crippen molar-refractivity contribution in [1.82, 2.24) is 15.3 Å². The number of nitrogens with zero attached hydrogens (tertiary/aromatic N) is 2. The van der Waals surface area contributed by atoms with Gasteiger partial charge in [0.2, 0.25) is 0 Å². The van der Waals surface area contributed by atoms with E-state index in [2.05, 4.69) is 15.3 Å². The number of rotatable bonds is 3. The fraction of sp³-hybridized carbons (Fsp3) is 0.333. The summed E-state index contributed by atoms with van der Waals surface area (Å²) in [7, 11) is 0. The third-order valence-electron chi connectivity index (χ3n) is 3.35. The first-order valence-corrected chi connectivity index (χ1v) is 7.65. The van der Waals surface area contributed by atoms with E-state index in [1.54, 1.807) is 23.9 Å². The number of hydrogen-bond acceptors (Lipinski definition) is 4. The predicted octanol–water partition coefficient (Wildman–Crippen LogP) is 2.86. The van der Waals surface area contributed by atoms with E-state index in [4.69, 9.17) is 0 Å². The number of halogens is 1. The SMILES string of the molecule is Cc1nc(CSc2cccc(F)c2)nc2c1CNCC2. The van der Waals surface area contributed by atoms with Crippen LogP contribution in [-0.2, 0) is 18.7 Å². The molecular formula is C15H16FN3S. The van der Waals surface area contributed by atoms with Crippen molar-refractivity contribution in [2.24, 2.45) is 0 Å². The molecular weight excluding hydrogens is 273 g/mol. The average Bonchev–Trinajstić information content (AvgIpc) is 2.45. The second-order valence-electron chi connectivity index (χ2n) is 4.82. The first kappa shape index (κ1) is 13.5. The smallest absolute Gasteiger partial charge is 0.139 e. The Labute approximate surface area is 122 Å². The summed E-state index contributed by atoms with van der Waals surface area (Å²) >= 11 is 1.57. The van der Waals surface area contributed by atoms with Gasteiger partial charge in [0, 0.05) is 35.7 Å². The van der Waals surface area contributed by atoms with Crippen molar-refractivity contribution in [3.8, 4) is 0 Å². The molecule has 0 spiro atoms.